The first-order chi connectivity index (χ1) is 19.4. The molecule has 0 saturated carbocycles. The van der Waals surface area contributed by atoms with E-state index in [-0.39, 0.29) is 17.4 Å². The number of ether oxygens (including phenoxy) is 1. The number of nitrogens with zero attached hydrogens (tertiary/aromatic N) is 2. The molecule has 0 N–H and O–H groups in total. The molecule has 1 aromatic heterocycles. The lowest BCUT2D eigenvalue weighted by Gasteiger charge is -2.31. The largest absolute Gasteiger partial charge is 0.435 e. The Kier molecular flexibility index (Phi) is 7.45. The lowest BCUT2D eigenvalue weighted by atomic mass is 9.84. The fraction of sp³-hybridized carbons (Fsp3) is 0.161. The Morgan fingerprint density at radius 1 is 0.900 bits per heavy atom. The minimum Gasteiger partial charge on any atom is -0.435 e. The smallest absolute Gasteiger partial charge is 0.387 e. The van der Waals surface area contributed by atoms with Gasteiger partial charge >= 0.3 is 6.61 Å². The van der Waals surface area contributed by atoms with E-state index in [2.05, 4.69) is 10.8 Å². The summed E-state index contributed by atoms with van der Waals surface area (Å²) in [6, 6.07) is 21.2. The summed E-state index contributed by atoms with van der Waals surface area (Å²) >= 11 is 13.6. The molecule has 4 aromatic rings. The first-order valence-corrected chi connectivity index (χ1v) is 14.2. The molecule has 2 aliphatic rings. The number of allylic oxidation sites excluding steroid dienone is 2. The maximum atomic E-state index is 13.8. The van der Waals surface area contributed by atoms with E-state index in [1.807, 2.05) is 48.5 Å². The molecule has 0 saturated heterocycles. The van der Waals surface area contributed by atoms with Crippen molar-refractivity contribution in [3.8, 4) is 5.75 Å². The van der Waals surface area contributed by atoms with Gasteiger partial charge in [-0.3, -0.25) is 9.36 Å². The number of fused-ring (bicyclic) bond motifs is 1. The van der Waals surface area contributed by atoms with Crippen molar-refractivity contribution in [1.29, 1.82) is 0 Å². The first-order valence-electron chi connectivity index (χ1n) is 12.7. The molecule has 40 heavy (non-hydrogen) atoms. The number of rotatable bonds is 5. The van der Waals surface area contributed by atoms with Gasteiger partial charge in [-0.25, -0.2) is 4.99 Å². The van der Waals surface area contributed by atoms with E-state index in [0.29, 0.717) is 24.9 Å². The van der Waals surface area contributed by atoms with E-state index >= 15 is 0 Å². The number of hydrogen-bond acceptors (Lipinski definition) is 4. The Hall–Kier alpha value is -3.52. The predicted octanol–water partition coefficient (Wildman–Crippen LogP) is 7.39. The number of hydrogen-bond donors (Lipinski definition) is 0. The van der Waals surface area contributed by atoms with Crippen LogP contribution in [0.3, 0.4) is 0 Å². The molecule has 202 valence electrons. The van der Waals surface area contributed by atoms with Crippen LogP contribution >= 0.6 is 34.5 Å². The average molecular weight is 595 g/mol. The Labute approximate surface area is 242 Å². The first kappa shape index (κ1) is 26.7. The molecule has 1 aliphatic heterocycles. The highest BCUT2D eigenvalue weighted by molar-refractivity contribution is 7.07. The van der Waals surface area contributed by atoms with Crippen molar-refractivity contribution in [1.82, 2.24) is 4.57 Å². The van der Waals surface area contributed by atoms with Crippen LogP contribution in [0.15, 0.2) is 99.4 Å². The van der Waals surface area contributed by atoms with Gasteiger partial charge in [0.15, 0.2) is 4.80 Å². The predicted molar refractivity (Wildman–Crippen MR) is 156 cm³/mol. The maximum Gasteiger partial charge on any atom is 0.387 e. The number of benzene rings is 3. The highest BCUT2D eigenvalue weighted by atomic mass is 35.5. The fourth-order valence-corrected chi connectivity index (χ4v) is 6.41. The van der Waals surface area contributed by atoms with Gasteiger partial charge in [0.2, 0.25) is 0 Å². The maximum absolute atomic E-state index is 13.8. The second kappa shape index (κ2) is 11.2. The summed E-state index contributed by atoms with van der Waals surface area (Å²) in [4.78, 5) is 19.5. The van der Waals surface area contributed by atoms with E-state index in [1.54, 1.807) is 22.8 Å². The van der Waals surface area contributed by atoms with Crippen LogP contribution in [-0.4, -0.2) is 11.2 Å². The van der Waals surface area contributed by atoms with Gasteiger partial charge in [0.05, 0.1) is 16.3 Å². The monoisotopic (exact) mass is 594 g/mol. The molecule has 0 spiro atoms. The van der Waals surface area contributed by atoms with Crippen LogP contribution in [0.25, 0.3) is 12.2 Å². The van der Waals surface area contributed by atoms with E-state index in [1.165, 1.54) is 23.5 Å². The Bertz CT molecular complexity index is 1810. The zero-order valence-electron chi connectivity index (χ0n) is 21.0. The van der Waals surface area contributed by atoms with Crippen molar-refractivity contribution in [3.05, 3.63) is 136 Å². The number of halogens is 4. The number of alkyl halides is 2. The summed E-state index contributed by atoms with van der Waals surface area (Å²) < 4.78 is 31.8. The summed E-state index contributed by atoms with van der Waals surface area (Å²) in [5.74, 6) is 0.0593. The van der Waals surface area contributed by atoms with Gasteiger partial charge in [-0.1, -0.05) is 70.9 Å². The van der Waals surface area contributed by atoms with Gasteiger partial charge in [-0.05, 0) is 95.6 Å². The molecule has 3 aromatic carbocycles. The van der Waals surface area contributed by atoms with Gasteiger partial charge in [0.1, 0.15) is 5.75 Å². The average Bonchev–Trinajstić information content (AvgIpc) is 3.25. The molecule has 2 heterocycles. The summed E-state index contributed by atoms with van der Waals surface area (Å²) in [6.07, 6.45) is 6.53. The molecular formula is C31H22Cl2F2N2O2S. The Balaban J connectivity index is 1.50. The van der Waals surface area contributed by atoms with Gasteiger partial charge in [0, 0.05) is 10.0 Å². The highest BCUT2D eigenvalue weighted by Crippen LogP contribution is 2.41. The van der Waals surface area contributed by atoms with E-state index in [4.69, 9.17) is 28.2 Å². The number of thiazole rings is 1. The van der Waals surface area contributed by atoms with Crippen LogP contribution in [-0.2, 0) is 0 Å². The molecule has 1 aliphatic carbocycles. The lowest BCUT2D eigenvalue weighted by molar-refractivity contribution is -0.0498. The molecule has 0 amide bonds. The Morgan fingerprint density at radius 2 is 1.52 bits per heavy atom. The van der Waals surface area contributed by atoms with Crippen LogP contribution in [0, 0.1) is 0 Å². The van der Waals surface area contributed by atoms with Gasteiger partial charge < -0.3 is 4.74 Å². The van der Waals surface area contributed by atoms with Crippen molar-refractivity contribution in [3.63, 3.8) is 0 Å². The molecule has 6 rings (SSSR count). The quantitative estimate of drug-likeness (QED) is 0.242. The summed E-state index contributed by atoms with van der Waals surface area (Å²) in [7, 11) is 0. The molecule has 0 bridgehead atoms. The van der Waals surface area contributed by atoms with Crippen LogP contribution in [0.2, 0.25) is 10.0 Å². The van der Waals surface area contributed by atoms with Crippen molar-refractivity contribution in [2.75, 3.05) is 0 Å². The minimum atomic E-state index is -2.90. The van der Waals surface area contributed by atoms with Gasteiger partial charge in [-0.2, -0.15) is 8.78 Å². The molecule has 0 fully saturated rings. The minimum absolute atomic E-state index is 0.0593. The molecule has 1 unspecified atom stereocenters. The van der Waals surface area contributed by atoms with Gasteiger partial charge in [-0.15, -0.1) is 0 Å². The van der Waals surface area contributed by atoms with E-state index < -0.39 is 6.61 Å². The summed E-state index contributed by atoms with van der Waals surface area (Å²) in [5.41, 5.74) is 5.67. The lowest BCUT2D eigenvalue weighted by Crippen LogP contribution is -2.39. The van der Waals surface area contributed by atoms with Gasteiger partial charge in [0.25, 0.3) is 5.56 Å². The summed E-state index contributed by atoms with van der Waals surface area (Å²) in [6.45, 7) is -2.90. The molecular weight excluding hydrogens is 573 g/mol. The SMILES string of the molecule is O=c1c(=Cc2ccc(OC(F)F)cc2)sc2n1C(c1ccc(Cl)cc1)C1=C(N=2)C(=Cc2ccc(Cl)cc2)CCC1. The Morgan fingerprint density at radius 3 is 2.20 bits per heavy atom. The molecule has 1 atom stereocenters. The van der Waals surface area contributed by atoms with Crippen molar-refractivity contribution >= 4 is 46.7 Å². The second-order valence-electron chi connectivity index (χ2n) is 9.53. The highest BCUT2D eigenvalue weighted by Gasteiger charge is 2.32. The molecule has 9 heteroatoms. The van der Waals surface area contributed by atoms with E-state index in [9.17, 15) is 13.6 Å². The number of aromatic nitrogens is 1. The second-order valence-corrected chi connectivity index (χ2v) is 11.4. The summed E-state index contributed by atoms with van der Waals surface area (Å²) in [5, 5.41) is 1.30. The molecule has 0 radical (unpaired) electrons. The van der Waals surface area contributed by atoms with Crippen LogP contribution in [0.1, 0.15) is 42.0 Å². The van der Waals surface area contributed by atoms with Crippen LogP contribution in [0.4, 0.5) is 8.78 Å². The van der Waals surface area contributed by atoms with E-state index in [0.717, 1.165) is 47.2 Å². The normalized spacial score (nSPS) is 18.1. The zero-order valence-corrected chi connectivity index (χ0v) is 23.3. The standard InChI is InChI=1S/C31H22Cl2F2N2O2S/c32-22-10-4-18(5-11-22)16-21-2-1-3-25-27(21)36-31-37(28(25)20-8-12-23(33)13-9-20)29(38)26(40-31)17-19-6-14-24(15-7-19)39-30(34)35/h4-17,28,30H,1-3H2. The fourth-order valence-electron chi connectivity index (χ4n) is 5.16. The van der Waals surface area contributed by atoms with Crippen molar-refractivity contribution in [2.24, 2.45) is 4.99 Å². The zero-order chi connectivity index (χ0) is 27.8. The third-order valence-electron chi connectivity index (χ3n) is 6.93. The van der Waals surface area contributed by atoms with Crippen molar-refractivity contribution in [2.45, 2.75) is 31.9 Å². The van der Waals surface area contributed by atoms with Crippen molar-refractivity contribution < 1.29 is 13.5 Å². The van der Waals surface area contributed by atoms with Crippen LogP contribution in [0.5, 0.6) is 5.75 Å². The molecule has 4 nitrogen and oxygen atoms in total. The third kappa shape index (κ3) is 5.42. The van der Waals surface area contributed by atoms with Crippen LogP contribution < -0.4 is 19.6 Å². The topological polar surface area (TPSA) is 43.6 Å². The third-order valence-corrected chi connectivity index (χ3v) is 8.42.